The van der Waals surface area contributed by atoms with Crippen LogP contribution < -0.4 is 25.9 Å². The Morgan fingerprint density at radius 2 is 1.78 bits per heavy atom. The number of aromatic amines is 1. The van der Waals surface area contributed by atoms with Gasteiger partial charge in [0.1, 0.15) is 11.5 Å². The van der Waals surface area contributed by atoms with Gasteiger partial charge in [-0.3, -0.25) is 19.5 Å². The van der Waals surface area contributed by atoms with Crippen LogP contribution in [0.2, 0.25) is 0 Å². The zero-order valence-electron chi connectivity index (χ0n) is 12.8. The molecule has 0 aliphatic carbocycles. The number of nitrogens with one attached hydrogen (secondary N) is 2. The van der Waals surface area contributed by atoms with Crippen molar-refractivity contribution >= 4 is 11.6 Å². The van der Waals surface area contributed by atoms with Gasteiger partial charge in [0.05, 0.1) is 20.8 Å². The summed E-state index contributed by atoms with van der Waals surface area (Å²) >= 11 is 0. The van der Waals surface area contributed by atoms with Crippen LogP contribution in [0.3, 0.4) is 0 Å². The van der Waals surface area contributed by atoms with Crippen molar-refractivity contribution in [2.45, 2.75) is 13.0 Å². The van der Waals surface area contributed by atoms with Gasteiger partial charge in [-0.05, 0) is 0 Å². The fourth-order valence-electron chi connectivity index (χ4n) is 1.94. The number of carbonyl (C=O) groups excluding carboxylic acids is 1. The van der Waals surface area contributed by atoms with Gasteiger partial charge in [0.2, 0.25) is 5.91 Å². The second-order valence-corrected chi connectivity index (χ2v) is 4.70. The molecular formula is C15H17N3O5. The zero-order chi connectivity index (χ0) is 16.8. The lowest BCUT2D eigenvalue weighted by atomic mass is 10.2. The Morgan fingerprint density at radius 3 is 2.39 bits per heavy atom. The van der Waals surface area contributed by atoms with Crippen LogP contribution in [0.4, 0.5) is 5.69 Å². The SMILES string of the molecule is COc1cc(NC(=O)CCn2[nH]c(=O)ccc2=O)cc(OC)c1. The predicted octanol–water partition coefficient (Wildman–Crippen LogP) is 0.583. The fourth-order valence-corrected chi connectivity index (χ4v) is 1.94. The van der Waals surface area contributed by atoms with Gasteiger partial charge in [-0.1, -0.05) is 0 Å². The van der Waals surface area contributed by atoms with E-state index in [0.29, 0.717) is 17.2 Å². The summed E-state index contributed by atoms with van der Waals surface area (Å²) in [4.78, 5) is 34.7. The molecule has 0 saturated heterocycles. The molecule has 0 bridgehead atoms. The molecule has 2 rings (SSSR count). The van der Waals surface area contributed by atoms with E-state index in [9.17, 15) is 14.4 Å². The Morgan fingerprint density at radius 1 is 1.13 bits per heavy atom. The first-order chi connectivity index (χ1) is 11.0. The molecule has 8 nitrogen and oxygen atoms in total. The highest BCUT2D eigenvalue weighted by Crippen LogP contribution is 2.25. The number of benzene rings is 1. The molecule has 23 heavy (non-hydrogen) atoms. The van der Waals surface area contributed by atoms with Crippen molar-refractivity contribution in [1.82, 2.24) is 9.78 Å². The molecule has 1 amide bonds. The first-order valence-electron chi connectivity index (χ1n) is 6.85. The van der Waals surface area contributed by atoms with Crippen molar-refractivity contribution in [1.29, 1.82) is 0 Å². The average Bonchev–Trinajstić information content (AvgIpc) is 2.55. The Labute approximate surface area is 131 Å². The maximum Gasteiger partial charge on any atom is 0.265 e. The minimum atomic E-state index is -0.400. The van der Waals surface area contributed by atoms with Crippen LogP contribution in [-0.2, 0) is 11.3 Å². The monoisotopic (exact) mass is 319 g/mol. The van der Waals surface area contributed by atoms with Crippen LogP contribution in [0.1, 0.15) is 6.42 Å². The van der Waals surface area contributed by atoms with Crippen LogP contribution >= 0.6 is 0 Å². The van der Waals surface area contributed by atoms with E-state index < -0.39 is 5.56 Å². The van der Waals surface area contributed by atoms with Crippen molar-refractivity contribution in [2.24, 2.45) is 0 Å². The smallest absolute Gasteiger partial charge is 0.265 e. The quantitative estimate of drug-likeness (QED) is 0.811. The first kappa shape index (κ1) is 16.3. The molecule has 1 heterocycles. The molecule has 122 valence electrons. The maximum atomic E-state index is 12.0. The number of anilines is 1. The molecule has 0 radical (unpaired) electrons. The fraction of sp³-hybridized carbons (Fsp3) is 0.267. The Bertz CT molecular complexity index is 787. The number of hydrogen-bond acceptors (Lipinski definition) is 5. The summed E-state index contributed by atoms with van der Waals surface area (Å²) < 4.78 is 11.3. The minimum absolute atomic E-state index is 0.0272. The molecular weight excluding hydrogens is 302 g/mol. The lowest BCUT2D eigenvalue weighted by Crippen LogP contribution is -2.29. The third-order valence-electron chi connectivity index (χ3n) is 3.09. The summed E-state index contributed by atoms with van der Waals surface area (Å²) in [6.45, 7) is 0.0713. The predicted molar refractivity (Wildman–Crippen MR) is 84.1 cm³/mol. The molecule has 0 saturated carbocycles. The van der Waals surface area contributed by atoms with Crippen molar-refractivity contribution in [3.05, 3.63) is 51.0 Å². The number of H-pyrrole nitrogens is 1. The normalized spacial score (nSPS) is 10.2. The molecule has 1 aromatic heterocycles. The molecule has 0 aliphatic heterocycles. The Kier molecular flexibility index (Phi) is 5.19. The van der Waals surface area contributed by atoms with Crippen molar-refractivity contribution in [3.8, 4) is 11.5 Å². The number of aromatic nitrogens is 2. The molecule has 0 aliphatic rings. The number of nitrogens with zero attached hydrogens (tertiary/aromatic N) is 1. The molecule has 0 fully saturated rings. The van der Waals surface area contributed by atoms with Gasteiger partial charge in [0.15, 0.2) is 0 Å². The number of carbonyl (C=O) groups is 1. The Hall–Kier alpha value is -3.03. The lowest BCUT2D eigenvalue weighted by molar-refractivity contribution is -0.116. The molecule has 0 unspecified atom stereocenters. The van der Waals surface area contributed by atoms with Gasteiger partial charge < -0.3 is 14.8 Å². The van der Waals surface area contributed by atoms with Gasteiger partial charge in [0, 0.05) is 42.4 Å². The maximum absolute atomic E-state index is 12.0. The summed E-state index contributed by atoms with van der Waals surface area (Å²) in [5.41, 5.74) is -0.261. The molecule has 8 heteroatoms. The summed E-state index contributed by atoms with van der Waals surface area (Å²) in [7, 11) is 3.02. The second kappa shape index (κ2) is 7.30. The zero-order valence-corrected chi connectivity index (χ0v) is 12.8. The van der Waals surface area contributed by atoms with E-state index in [1.807, 2.05) is 0 Å². The van der Waals surface area contributed by atoms with Crippen molar-refractivity contribution in [2.75, 3.05) is 19.5 Å². The molecule has 0 spiro atoms. The number of methoxy groups -OCH3 is 2. The van der Waals surface area contributed by atoms with E-state index in [4.69, 9.17) is 9.47 Å². The second-order valence-electron chi connectivity index (χ2n) is 4.70. The van der Waals surface area contributed by atoms with Gasteiger partial charge in [0.25, 0.3) is 11.1 Å². The van der Waals surface area contributed by atoms with Gasteiger partial charge >= 0.3 is 0 Å². The standard InChI is InChI=1S/C15H17N3O5/c1-22-11-7-10(8-12(9-11)23-2)16-13(19)5-6-18-15(21)4-3-14(20)17-18/h3-4,7-9H,5-6H2,1-2H3,(H,16,19)(H,17,20). The van der Waals surface area contributed by atoms with Gasteiger partial charge in [-0.25, -0.2) is 4.68 Å². The van der Waals surface area contributed by atoms with E-state index in [2.05, 4.69) is 10.4 Å². The largest absolute Gasteiger partial charge is 0.497 e. The summed E-state index contributed by atoms with van der Waals surface area (Å²) in [6, 6.07) is 7.28. The number of aryl methyl sites for hydroxylation is 1. The lowest BCUT2D eigenvalue weighted by Gasteiger charge is -2.10. The van der Waals surface area contributed by atoms with E-state index >= 15 is 0 Å². The van der Waals surface area contributed by atoms with Crippen LogP contribution in [0, 0.1) is 0 Å². The van der Waals surface area contributed by atoms with E-state index in [-0.39, 0.29) is 24.4 Å². The Balaban J connectivity index is 2.03. The number of hydrogen-bond donors (Lipinski definition) is 2. The van der Waals surface area contributed by atoms with E-state index in [1.54, 1.807) is 18.2 Å². The third-order valence-corrected chi connectivity index (χ3v) is 3.09. The van der Waals surface area contributed by atoms with Gasteiger partial charge in [-0.15, -0.1) is 0 Å². The number of ether oxygens (including phenoxy) is 2. The number of amides is 1. The molecule has 2 N–H and O–H groups in total. The van der Waals surface area contributed by atoms with E-state index in [0.717, 1.165) is 16.8 Å². The van der Waals surface area contributed by atoms with Crippen LogP contribution in [0.5, 0.6) is 11.5 Å². The van der Waals surface area contributed by atoms with Crippen LogP contribution in [-0.4, -0.2) is 29.9 Å². The highest BCUT2D eigenvalue weighted by atomic mass is 16.5. The summed E-state index contributed by atoms with van der Waals surface area (Å²) in [5, 5.41) is 5.05. The first-order valence-corrected chi connectivity index (χ1v) is 6.85. The average molecular weight is 319 g/mol. The van der Waals surface area contributed by atoms with E-state index in [1.165, 1.54) is 14.2 Å². The number of rotatable bonds is 6. The van der Waals surface area contributed by atoms with Gasteiger partial charge in [-0.2, -0.15) is 0 Å². The summed E-state index contributed by atoms with van der Waals surface area (Å²) in [5.74, 6) is 0.781. The molecule has 0 atom stereocenters. The van der Waals surface area contributed by atoms with Crippen molar-refractivity contribution < 1.29 is 14.3 Å². The van der Waals surface area contributed by atoms with Crippen LogP contribution in [0.15, 0.2) is 39.9 Å². The summed E-state index contributed by atoms with van der Waals surface area (Å²) in [6.07, 6.45) is 0.0272. The molecule has 1 aromatic carbocycles. The highest BCUT2D eigenvalue weighted by Gasteiger charge is 2.07. The van der Waals surface area contributed by atoms with Crippen LogP contribution in [0.25, 0.3) is 0 Å². The minimum Gasteiger partial charge on any atom is -0.497 e. The molecule has 2 aromatic rings. The van der Waals surface area contributed by atoms with Crippen molar-refractivity contribution in [3.63, 3.8) is 0 Å². The third kappa shape index (κ3) is 4.47. The topological polar surface area (TPSA) is 102 Å². The highest BCUT2D eigenvalue weighted by molar-refractivity contribution is 5.91.